The van der Waals surface area contributed by atoms with E-state index in [2.05, 4.69) is 42.7 Å². The number of piperazine rings is 1. The number of hydrogen-bond donors (Lipinski definition) is 2. The summed E-state index contributed by atoms with van der Waals surface area (Å²) >= 11 is 1.65. The van der Waals surface area contributed by atoms with Gasteiger partial charge in [-0.15, -0.1) is 11.3 Å². The number of amides is 1. The molecule has 0 saturated carbocycles. The number of thiazole rings is 1. The fraction of sp³-hybridized carbons (Fsp3) is 0.304. The Kier molecular flexibility index (Phi) is 5.92. The molecule has 1 aliphatic rings. The van der Waals surface area contributed by atoms with Gasteiger partial charge in [0.25, 0.3) is 5.91 Å². The molecule has 5 nitrogen and oxygen atoms in total. The summed E-state index contributed by atoms with van der Waals surface area (Å²) in [5.74, 6) is 0.137. The summed E-state index contributed by atoms with van der Waals surface area (Å²) in [6, 6.07) is 15.9. The van der Waals surface area contributed by atoms with Gasteiger partial charge in [-0.05, 0) is 49.2 Å². The number of nitrogens with one attached hydrogen (secondary N) is 2. The van der Waals surface area contributed by atoms with E-state index in [0.29, 0.717) is 0 Å². The quantitative estimate of drug-likeness (QED) is 0.684. The Hall–Kier alpha value is -2.70. The molecular formula is C23H27N4OS+. The number of rotatable bonds is 5. The average Bonchev–Trinajstić information content (AvgIpc) is 3.18. The summed E-state index contributed by atoms with van der Waals surface area (Å²) in [6.07, 6.45) is 0. The van der Waals surface area contributed by atoms with Gasteiger partial charge in [-0.3, -0.25) is 4.79 Å². The Labute approximate surface area is 176 Å². The van der Waals surface area contributed by atoms with Crippen LogP contribution in [0.15, 0.2) is 53.9 Å². The molecule has 1 fully saturated rings. The molecule has 150 valence electrons. The van der Waals surface area contributed by atoms with Gasteiger partial charge in [0.1, 0.15) is 12.2 Å². The Morgan fingerprint density at radius 3 is 2.59 bits per heavy atom. The second-order valence-corrected chi connectivity index (χ2v) is 8.51. The molecule has 1 amide bonds. The maximum Gasteiger partial charge on any atom is 0.254 e. The molecular weight excluding hydrogens is 380 g/mol. The summed E-state index contributed by atoms with van der Waals surface area (Å²) in [4.78, 5) is 20.8. The number of carbonyl (C=O) groups is 1. The molecule has 3 aromatic rings. The Morgan fingerprint density at radius 2 is 1.86 bits per heavy atom. The van der Waals surface area contributed by atoms with Gasteiger partial charge in [0.05, 0.1) is 26.2 Å². The smallest absolute Gasteiger partial charge is 0.254 e. The zero-order chi connectivity index (χ0) is 20.2. The Morgan fingerprint density at radius 1 is 1.10 bits per heavy atom. The lowest BCUT2D eigenvalue weighted by atomic mass is 10.1. The van der Waals surface area contributed by atoms with Crippen LogP contribution in [0.1, 0.15) is 27.2 Å². The topological polar surface area (TPSA) is 49.7 Å². The minimum absolute atomic E-state index is 0.137. The van der Waals surface area contributed by atoms with Crippen LogP contribution in [0.2, 0.25) is 0 Å². The fourth-order valence-corrected chi connectivity index (χ4v) is 4.34. The second kappa shape index (κ2) is 8.76. The van der Waals surface area contributed by atoms with E-state index >= 15 is 0 Å². The van der Waals surface area contributed by atoms with Crippen molar-refractivity contribution in [2.75, 3.05) is 31.5 Å². The molecule has 0 unspecified atom stereocenters. The van der Waals surface area contributed by atoms with Crippen molar-refractivity contribution in [3.05, 3.63) is 76.3 Å². The molecule has 1 saturated heterocycles. The highest BCUT2D eigenvalue weighted by molar-refractivity contribution is 7.13. The maximum atomic E-state index is 12.6. The minimum atomic E-state index is 0.137. The second-order valence-electron chi connectivity index (χ2n) is 7.65. The van der Waals surface area contributed by atoms with E-state index in [4.69, 9.17) is 4.98 Å². The van der Waals surface area contributed by atoms with E-state index in [1.807, 2.05) is 35.2 Å². The van der Waals surface area contributed by atoms with E-state index < -0.39 is 0 Å². The number of benzene rings is 2. The van der Waals surface area contributed by atoms with Gasteiger partial charge >= 0.3 is 0 Å². The molecule has 6 heteroatoms. The highest BCUT2D eigenvalue weighted by Gasteiger charge is 2.25. The highest BCUT2D eigenvalue weighted by Crippen LogP contribution is 2.22. The van der Waals surface area contributed by atoms with Crippen LogP contribution in [0.4, 0.5) is 10.8 Å². The van der Waals surface area contributed by atoms with Crippen LogP contribution in [0, 0.1) is 13.8 Å². The van der Waals surface area contributed by atoms with Crippen LogP contribution in [0.3, 0.4) is 0 Å². The minimum Gasteiger partial charge on any atom is -0.332 e. The van der Waals surface area contributed by atoms with Crippen LogP contribution in [0.25, 0.3) is 0 Å². The Balaban J connectivity index is 1.30. The van der Waals surface area contributed by atoms with Gasteiger partial charge in [-0.1, -0.05) is 24.3 Å². The molecule has 2 N–H and O–H groups in total. The van der Waals surface area contributed by atoms with Crippen molar-refractivity contribution in [1.29, 1.82) is 0 Å². The van der Waals surface area contributed by atoms with Crippen LogP contribution < -0.4 is 10.2 Å². The third-order valence-corrected chi connectivity index (χ3v) is 6.33. The average molecular weight is 408 g/mol. The lowest BCUT2D eigenvalue weighted by Gasteiger charge is -2.32. The largest absolute Gasteiger partial charge is 0.332 e. The standard InChI is InChI=1S/C23H26N4OS/c1-17-8-9-20(14-18(17)2)24-23-25-21(16-29-23)15-26-10-12-27(13-11-26)22(28)19-6-4-3-5-7-19/h3-9,14,16H,10-13,15H2,1-2H3,(H,24,25)/p+1. The first-order valence-electron chi connectivity index (χ1n) is 10.0. The summed E-state index contributed by atoms with van der Waals surface area (Å²) in [5, 5.41) is 6.48. The molecule has 0 bridgehead atoms. The van der Waals surface area contributed by atoms with Crippen LogP contribution in [-0.4, -0.2) is 42.0 Å². The molecule has 29 heavy (non-hydrogen) atoms. The Bertz CT molecular complexity index is 978. The van der Waals surface area contributed by atoms with Gasteiger partial charge in [-0.25, -0.2) is 4.98 Å². The number of quaternary nitrogens is 1. The third-order valence-electron chi connectivity index (χ3n) is 5.52. The van der Waals surface area contributed by atoms with Crippen LogP contribution in [0.5, 0.6) is 0 Å². The monoisotopic (exact) mass is 407 g/mol. The number of aryl methyl sites for hydroxylation is 2. The number of anilines is 2. The predicted molar refractivity (Wildman–Crippen MR) is 118 cm³/mol. The van der Waals surface area contributed by atoms with Gasteiger partial charge in [0.15, 0.2) is 5.13 Å². The van der Waals surface area contributed by atoms with E-state index in [-0.39, 0.29) is 5.91 Å². The fourth-order valence-electron chi connectivity index (χ4n) is 3.61. The molecule has 0 aliphatic carbocycles. The molecule has 0 spiro atoms. The number of aromatic nitrogens is 1. The van der Waals surface area contributed by atoms with Crippen molar-refractivity contribution in [2.24, 2.45) is 0 Å². The maximum absolute atomic E-state index is 12.6. The SMILES string of the molecule is Cc1ccc(Nc2nc(C[NH+]3CCN(C(=O)c4ccccc4)CC3)cs2)cc1C. The first kappa shape index (κ1) is 19.6. The van der Waals surface area contributed by atoms with Crippen molar-refractivity contribution < 1.29 is 9.69 Å². The number of hydrogen-bond acceptors (Lipinski definition) is 4. The molecule has 0 radical (unpaired) electrons. The summed E-state index contributed by atoms with van der Waals surface area (Å²) in [7, 11) is 0. The van der Waals surface area contributed by atoms with Crippen molar-refractivity contribution in [3.63, 3.8) is 0 Å². The van der Waals surface area contributed by atoms with Crippen molar-refractivity contribution in [1.82, 2.24) is 9.88 Å². The molecule has 0 atom stereocenters. The van der Waals surface area contributed by atoms with E-state index in [1.54, 1.807) is 11.3 Å². The molecule has 1 aromatic heterocycles. The number of carbonyl (C=O) groups excluding carboxylic acids is 1. The molecule has 4 rings (SSSR count). The van der Waals surface area contributed by atoms with E-state index in [9.17, 15) is 4.79 Å². The normalized spacial score (nSPS) is 14.8. The van der Waals surface area contributed by atoms with Gasteiger partial charge in [-0.2, -0.15) is 0 Å². The lowest BCUT2D eigenvalue weighted by molar-refractivity contribution is -0.917. The zero-order valence-corrected chi connectivity index (χ0v) is 17.8. The summed E-state index contributed by atoms with van der Waals surface area (Å²) in [6.45, 7) is 8.64. The van der Waals surface area contributed by atoms with Crippen LogP contribution >= 0.6 is 11.3 Å². The molecule has 2 heterocycles. The van der Waals surface area contributed by atoms with Crippen LogP contribution in [-0.2, 0) is 6.54 Å². The highest BCUT2D eigenvalue weighted by atomic mass is 32.1. The first-order valence-corrected chi connectivity index (χ1v) is 10.9. The summed E-state index contributed by atoms with van der Waals surface area (Å²) in [5.41, 5.74) is 5.54. The van der Waals surface area contributed by atoms with Gasteiger partial charge in [0.2, 0.25) is 0 Å². The van der Waals surface area contributed by atoms with Gasteiger partial charge in [0, 0.05) is 16.6 Å². The summed E-state index contributed by atoms with van der Waals surface area (Å²) < 4.78 is 0. The van der Waals surface area contributed by atoms with Crippen molar-refractivity contribution >= 4 is 28.1 Å². The van der Waals surface area contributed by atoms with E-state index in [1.165, 1.54) is 16.0 Å². The molecule has 1 aliphatic heterocycles. The first-order chi connectivity index (χ1) is 14.1. The zero-order valence-electron chi connectivity index (χ0n) is 16.9. The van der Waals surface area contributed by atoms with Crippen molar-refractivity contribution in [2.45, 2.75) is 20.4 Å². The number of nitrogens with zero attached hydrogens (tertiary/aromatic N) is 2. The predicted octanol–water partition coefficient (Wildman–Crippen LogP) is 3.04. The lowest BCUT2D eigenvalue weighted by Crippen LogP contribution is -3.13. The molecule has 2 aromatic carbocycles. The van der Waals surface area contributed by atoms with E-state index in [0.717, 1.165) is 54.8 Å². The van der Waals surface area contributed by atoms with Gasteiger partial charge < -0.3 is 15.1 Å². The third kappa shape index (κ3) is 4.83. The van der Waals surface area contributed by atoms with Crippen molar-refractivity contribution in [3.8, 4) is 0 Å².